The van der Waals surface area contributed by atoms with Gasteiger partial charge in [-0.1, -0.05) is 0 Å². The first-order valence-corrected chi connectivity index (χ1v) is 4.25. The van der Waals surface area contributed by atoms with Crippen LogP contribution in [0, 0.1) is 0 Å². The average Bonchev–Trinajstić information content (AvgIpc) is 2.12. The van der Waals surface area contributed by atoms with Crippen LogP contribution in [0.1, 0.15) is 13.8 Å². The van der Waals surface area contributed by atoms with E-state index in [1.54, 1.807) is 6.92 Å². The summed E-state index contributed by atoms with van der Waals surface area (Å²) in [5.74, 6) is 0. The van der Waals surface area contributed by atoms with Crippen LogP contribution in [-0.2, 0) is 4.74 Å². The highest BCUT2D eigenvalue weighted by Crippen LogP contribution is 2.29. The number of hydrogen-bond donors (Lipinski definition) is 4. The minimum Gasteiger partial charge on any atom is -0.393 e. The van der Waals surface area contributed by atoms with Crippen LogP contribution >= 0.6 is 0 Å². The van der Waals surface area contributed by atoms with Gasteiger partial charge in [-0.25, -0.2) is 0 Å². The van der Waals surface area contributed by atoms with Crippen LogP contribution in [0.15, 0.2) is 0 Å². The molecule has 0 radical (unpaired) electrons. The summed E-state index contributed by atoms with van der Waals surface area (Å²) in [6.07, 6.45) is -4.27. The lowest BCUT2D eigenvalue weighted by atomic mass is 9.87. The van der Waals surface area contributed by atoms with Crippen molar-refractivity contribution in [2.75, 3.05) is 6.61 Å². The fourth-order valence-corrected chi connectivity index (χ4v) is 1.52. The normalized spacial score (nSPS) is 52.2. The summed E-state index contributed by atoms with van der Waals surface area (Å²) in [6, 6.07) is 0. The van der Waals surface area contributed by atoms with Gasteiger partial charge in [-0.2, -0.15) is 0 Å². The van der Waals surface area contributed by atoms with Crippen LogP contribution in [0.2, 0.25) is 0 Å². The van der Waals surface area contributed by atoms with Crippen molar-refractivity contribution >= 4 is 0 Å². The molecular formula is C8H16O5. The van der Waals surface area contributed by atoms with E-state index in [0.717, 1.165) is 0 Å². The Kier molecular flexibility index (Phi) is 2.94. The minimum atomic E-state index is -1.28. The zero-order valence-electron chi connectivity index (χ0n) is 7.71. The Hall–Kier alpha value is -0.200. The van der Waals surface area contributed by atoms with Crippen LogP contribution in [0.5, 0.6) is 0 Å². The van der Waals surface area contributed by atoms with Gasteiger partial charge in [0.2, 0.25) is 0 Å². The molecule has 0 saturated carbocycles. The van der Waals surface area contributed by atoms with Gasteiger partial charge in [-0.05, 0) is 13.8 Å². The molecule has 0 amide bonds. The van der Waals surface area contributed by atoms with Crippen molar-refractivity contribution in [2.45, 2.75) is 43.9 Å². The summed E-state index contributed by atoms with van der Waals surface area (Å²) < 4.78 is 5.21. The molecule has 0 aromatic carbocycles. The van der Waals surface area contributed by atoms with Crippen molar-refractivity contribution in [1.82, 2.24) is 0 Å². The first kappa shape index (κ1) is 10.9. The van der Waals surface area contributed by atoms with Crippen molar-refractivity contribution in [3.8, 4) is 0 Å². The van der Waals surface area contributed by atoms with Crippen molar-refractivity contribution in [3.05, 3.63) is 0 Å². The lowest BCUT2D eigenvalue weighted by Gasteiger charge is -2.45. The molecule has 5 nitrogen and oxygen atoms in total. The fraction of sp³-hybridized carbons (Fsp3) is 1.00. The largest absolute Gasteiger partial charge is 0.393 e. The molecule has 5 unspecified atom stereocenters. The molecule has 0 aromatic heterocycles. The minimum absolute atomic E-state index is 0.401. The summed E-state index contributed by atoms with van der Waals surface area (Å²) in [6.45, 7) is 2.67. The molecule has 4 N–H and O–H groups in total. The van der Waals surface area contributed by atoms with E-state index in [0.29, 0.717) is 0 Å². The third-order valence-electron chi connectivity index (χ3n) is 2.55. The average molecular weight is 192 g/mol. The molecule has 1 aliphatic rings. The van der Waals surface area contributed by atoms with E-state index in [2.05, 4.69) is 0 Å². The summed E-state index contributed by atoms with van der Waals surface area (Å²) in [7, 11) is 0. The SMILES string of the molecule is CC1OC(C)(CO)C(O)C(O)C1O. The summed E-state index contributed by atoms with van der Waals surface area (Å²) >= 11 is 0. The molecule has 1 fully saturated rings. The van der Waals surface area contributed by atoms with Gasteiger partial charge in [0, 0.05) is 0 Å². The zero-order valence-corrected chi connectivity index (χ0v) is 7.71. The van der Waals surface area contributed by atoms with E-state index >= 15 is 0 Å². The maximum Gasteiger partial charge on any atom is 0.117 e. The molecule has 0 aliphatic carbocycles. The molecular weight excluding hydrogens is 176 g/mol. The van der Waals surface area contributed by atoms with E-state index < -0.39 is 36.6 Å². The van der Waals surface area contributed by atoms with Gasteiger partial charge < -0.3 is 25.2 Å². The molecule has 13 heavy (non-hydrogen) atoms. The number of aliphatic hydroxyl groups excluding tert-OH is 4. The molecule has 0 spiro atoms. The van der Waals surface area contributed by atoms with Crippen molar-refractivity contribution < 1.29 is 25.2 Å². The van der Waals surface area contributed by atoms with E-state index in [4.69, 9.17) is 9.84 Å². The Labute approximate surface area is 76.6 Å². The molecule has 0 aromatic rings. The van der Waals surface area contributed by atoms with Crippen LogP contribution in [0.4, 0.5) is 0 Å². The van der Waals surface area contributed by atoms with E-state index in [-0.39, 0.29) is 0 Å². The standard InChI is InChI=1S/C8H16O5/c1-4-5(10)6(11)7(12)8(2,3-9)13-4/h4-7,9-12H,3H2,1-2H3. The van der Waals surface area contributed by atoms with Gasteiger partial charge in [0.05, 0.1) is 12.7 Å². The lowest BCUT2D eigenvalue weighted by Crippen LogP contribution is -2.63. The monoisotopic (exact) mass is 192 g/mol. The number of rotatable bonds is 1. The second-order valence-corrected chi connectivity index (χ2v) is 3.72. The summed E-state index contributed by atoms with van der Waals surface area (Å²) in [5.41, 5.74) is -1.20. The van der Waals surface area contributed by atoms with E-state index in [1.165, 1.54) is 6.92 Å². The van der Waals surface area contributed by atoms with Gasteiger partial charge in [0.1, 0.15) is 23.9 Å². The molecule has 1 aliphatic heterocycles. The molecule has 1 rings (SSSR count). The Bertz CT molecular complexity index is 185. The van der Waals surface area contributed by atoms with Crippen LogP contribution in [-0.4, -0.2) is 57.0 Å². The summed E-state index contributed by atoms with van der Waals surface area (Å²) in [4.78, 5) is 0. The predicted octanol–water partition coefficient (Wildman–Crippen LogP) is -1.76. The van der Waals surface area contributed by atoms with Gasteiger partial charge >= 0.3 is 0 Å². The quantitative estimate of drug-likeness (QED) is 0.395. The van der Waals surface area contributed by atoms with Gasteiger partial charge in [0.15, 0.2) is 0 Å². The number of aliphatic hydroxyl groups is 4. The zero-order chi connectivity index (χ0) is 10.2. The third-order valence-corrected chi connectivity index (χ3v) is 2.55. The van der Waals surface area contributed by atoms with E-state index in [9.17, 15) is 15.3 Å². The Morgan fingerprint density at radius 2 is 1.77 bits per heavy atom. The third kappa shape index (κ3) is 1.70. The summed E-state index contributed by atoms with van der Waals surface area (Å²) in [5, 5.41) is 37.2. The van der Waals surface area contributed by atoms with Crippen LogP contribution in [0.3, 0.4) is 0 Å². The van der Waals surface area contributed by atoms with E-state index in [1.807, 2.05) is 0 Å². The number of hydrogen-bond acceptors (Lipinski definition) is 5. The van der Waals surface area contributed by atoms with Gasteiger partial charge in [0.25, 0.3) is 0 Å². The second kappa shape index (κ2) is 3.51. The smallest absolute Gasteiger partial charge is 0.117 e. The molecule has 1 heterocycles. The topological polar surface area (TPSA) is 90.2 Å². The maximum absolute atomic E-state index is 9.49. The molecule has 5 heteroatoms. The molecule has 5 atom stereocenters. The first-order chi connectivity index (χ1) is 5.92. The van der Waals surface area contributed by atoms with Crippen LogP contribution < -0.4 is 0 Å². The van der Waals surface area contributed by atoms with Crippen molar-refractivity contribution in [3.63, 3.8) is 0 Å². The maximum atomic E-state index is 9.49. The highest BCUT2D eigenvalue weighted by atomic mass is 16.6. The van der Waals surface area contributed by atoms with Crippen LogP contribution in [0.25, 0.3) is 0 Å². The fourth-order valence-electron chi connectivity index (χ4n) is 1.52. The van der Waals surface area contributed by atoms with Crippen molar-refractivity contribution in [2.24, 2.45) is 0 Å². The number of ether oxygens (including phenoxy) is 1. The molecule has 78 valence electrons. The molecule has 1 saturated heterocycles. The first-order valence-electron chi connectivity index (χ1n) is 4.25. The highest BCUT2D eigenvalue weighted by Gasteiger charge is 2.48. The van der Waals surface area contributed by atoms with Crippen molar-refractivity contribution in [1.29, 1.82) is 0 Å². The molecule has 0 bridgehead atoms. The predicted molar refractivity (Wildman–Crippen MR) is 44.1 cm³/mol. The lowest BCUT2D eigenvalue weighted by molar-refractivity contribution is -0.266. The second-order valence-electron chi connectivity index (χ2n) is 3.72. The van der Waals surface area contributed by atoms with Gasteiger partial charge in [-0.3, -0.25) is 0 Å². The Balaban J connectivity index is 2.82. The van der Waals surface area contributed by atoms with Gasteiger partial charge in [-0.15, -0.1) is 0 Å². The Morgan fingerprint density at radius 1 is 1.23 bits per heavy atom. The Morgan fingerprint density at radius 3 is 2.23 bits per heavy atom. The highest BCUT2D eigenvalue weighted by molar-refractivity contribution is 4.98.